The minimum atomic E-state index is -1.03. The van der Waals surface area contributed by atoms with Crippen LogP contribution in [0.15, 0.2) is 5.53 Å². The van der Waals surface area contributed by atoms with Crippen LogP contribution in [0.1, 0.15) is 4.91 Å². The summed E-state index contributed by atoms with van der Waals surface area (Å²) in [7, 11) is 0.478. The van der Waals surface area contributed by atoms with Gasteiger partial charge in [0.2, 0.25) is 0 Å². The van der Waals surface area contributed by atoms with Crippen molar-refractivity contribution in [2.24, 2.45) is 0 Å². The summed E-state index contributed by atoms with van der Waals surface area (Å²) in [6, 6.07) is 0. The molecule has 1 rings (SSSR count). The summed E-state index contributed by atoms with van der Waals surface area (Å²) >= 11 is 0. The predicted molar refractivity (Wildman–Crippen MR) is 103 cm³/mol. The number of hydrogen-bond acceptors (Lipinski definition) is 0. The van der Waals surface area contributed by atoms with Crippen molar-refractivity contribution in [1.29, 1.82) is 0 Å². The zero-order valence-electron chi connectivity index (χ0n) is 13.5. The van der Waals surface area contributed by atoms with Crippen molar-refractivity contribution in [2.45, 2.75) is 63.8 Å². The molecule has 104 valence electrons. The molecule has 0 saturated heterocycles. The van der Waals surface area contributed by atoms with Crippen LogP contribution >= 0.6 is 23.3 Å². The van der Waals surface area contributed by atoms with Crippen molar-refractivity contribution in [1.82, 2.24) is 0 Å². The lowest BCUT2D eigenvalue weighted by Gasteiger charge is -2.38. The second-order valence-corrected chi connectivity index (χ2v) is 32.3. The first-order chi connectivity index (χ1) is 7.83. The van der Waals surface area contributed by atoms with Crippen molar-refractivity contribution in [3.05, 3.63) is 5.53 Å². The van der Waals surface area contributed by atoms with Gasteiger partial charge in [-0.15, -0.1) is 0 Å². The summed E-state index contributed by atoms with van der Waals surface area (Å²) in [5, 5.41) is 0. The summed E-state index contributed by atoms with van der Waals surface area (Å²) in [5.41, 5.74) is 2.73. The Morgan fingerprint density at radius 1 is 0.889 bits per heavy atom. The molecule has 0 amide bonds. The molecule has 0 aliphatic heterocycles. The molecule has 0 aliphatic carbocycles. The van der Waals surface area contributed by atoms with Crippen LogP contribution in [-0.4, -0.2) is 24.2 Å². The third kappa shape index (κ3) is 4.40. The van der Waals surface area contributed by atoms with Gasteiger partial charge in [-0.25, -0.2) is 0 Å². The molecule has 0 N–H and O–H groups in total. The number of rotatable bonds is 4. The highest BCUT2D eigenvalue weighted by atomic mass is 31.9. The van der Waals surface area contributed by atoms with Crippen molar-refractivity contribution < 1.29 is 0 Å². The maximum absolute atomic E-state index is 2.73. The van der Waals surface area contributed by atoms with Gasteiger partial charge in [-0.2, -0.15) is 0 Å². The first-order valence-corrected chi connectivity index (χ1v) is 21.4. The summed E-state index contributed by atoms with van der Waals surface area (Å²) in [6.07, 6.45) is 0. The van der Waals surface area contributed by atoms with E-state index in [4.69, 9.17) is 0 Å². The quantitative estimate of drug-likeness (QED) is 0.532. The maximum atomic E-state index is 2.73. The van der Waals surface area contributed by atoms with Crippen LogP contribution in [0.5, 0.6) is 0 Å². The van der Waals surface area contributed by atoms with Crippen LogP contribution in [0.2, 0.25) is 58.9 Å². The standard InChI is InChI=1S/C12H29P3Si3/c1-16(2,3)11-13-10-15(14-11)12(17(4,5)6)18(7,8)9/h10,12H,1-9H3. The minimum absolute atomic E-state index is 0.168. The Bertz CT molecular complexity index is 393. The fourth-order valence-corrected chi connectivity index (χ4v) is 41.0. The lowest BCUT2D eigenvalue weighted by molar-refractivity contribution is 1.40. The Kier molecular flexibility index (Phi) is 5.38. The number of hydrogen-bond donors (Lipinski definition) is 0. The molecule has 0 spiro atoms. The second kappa shape index (κ2) is 5.58. The highest BCUT2D eigenvalue weighted by Gasteiger charge is 2.39. The predicted octanol–water partition coefficient (Wildman–Crippen LogP) is 6.67. The zero-order chi connectivity index (χ0) is 14.4. The van der Waals surface area contributed by atoms with E-state index in [0.717, 1.165) is 4.91 Å². The Balaban J connectivity index is 3.21. The maximum Gasteiger partial charge on any atom is 0.0898 e. The van der Waals surface area contributed by atoms with E-state index in [1.165, 1.54) is 0 Å². The van der Waals surface area contributed by atoms with E-state index in [9.17, 15) is 0 Å². The highest BCUT2D eigenvalue weighted by Crippen LogP contribution is 2.57. The molecule has 18 heavy (non-hydrogen) atoms. The van der Waals surface area contributed by atoms with Crippen LogP contribution in [0, 0.1) is 0 Å². The van der Waals surface area contributed by atoms with Gasteiger partial charge in [-0.3, -0.25) is 0 Å². The highest BCUT2D eigenvalue weighted by molar-refractivity contribution is 8.09. The van der Waals surface area contributed by atoms with Gasteiger partial charge >= 0.3 is 0 Å². The summed E-state index contributed by atoms with van der Waals surface area (Å²) < 4.78 is 1.90. The minimum Gasteiger partial charge on any atom is -0.0935 e. The van der Waals surface area contributed by atoms with Gasteiger partial charge in [0.1, 0.15) is 0 Å². The van der Waals surface area contributed by atoms with Gasteiger partial charge in [0.05, 0.1) is 24.2 Å². The largest absolute Gasteiger partial charge is 0.0935 e. The summed E-state index contributed by atoms with van der Waals surface area (Å²) in [5.74, 6) is 0. The molecule has 0 bridgehead atoms. The van der Waals surface area contributed by atoms with Crippen molar-refractivity contribution in [3.8, 4) is 0 Å². The zero-order valence-corrected chi connectivity index (χ0v) is 19.2. The van der Waals surface area contributed by atoms with Gasteiger partial charge in [-0.05, 0) is 23.0 Å². The Morgan fingerprint density at radius 2 is 1.33 bits per heavy atom. The van der Waals surface area contributed by atoms with Crippen molar-refractivity contribution in [3.63, 3.8) is 0 Å². The molecule has 1 aromatic rings. The molecular weight excluding hydrogens is 321 g/mol. The Morgan fingerprint density at radius 3 is 1.61 bits per heavy atom. The third-order valence-corrected chi connectivity index (χ3v) is 32.5. The van der Waals surface area contributed by atoms with E-state index in [1.807, 2.05) is 4.65 Å². The molecule has 0 nitrogen and oxygen atoms in total. The van der Waals surface area contributed by atoms with Crippen LogP contribution in [0.4, 0.5) is 0 Å². The van der Waals surface area contributed by atoms with Gasteiger partial charge in [0.15, 0.2) is 0 Å². The van der Waals surface area contributed by atoms with Gasteiger partial charge in [-0.1, -0.05) is 74.3 Å². The molecule has 0 fully saturated rings. The first-order valence-electron chi connectivity index (χ1n) is 6.75. The van der Waals surface area contributed by atoms with E-state index >= 15 is 0 Å². The molecular formula is C12H29P3Si3. The lowest BCUT2D eigenvalue weighted by atomic mass is 11.7. The normalized spacial score (nSPS) is 16.2. The molecule has 0 radical (unpaired) electrons. The van der Waals surface area contributed by atoms with E-state index < -0.39 is 24.2 Å². The molecule has 1 heterocycles. The van der Waals surface area contributed by atoms with E-state index in [0.29, 0.717) is 0 Å². The smallest absolute Gasteiger partial charge is 0.0898 e. The third-order valence-electron chi connectivity index (χ3n) is 3.08. The van der Waals surface area contributed by atoms with E-state index in [2.05, 4.69) is 64.5 Å². The average Bonchev–Trinajstić information content (AvgIpc) is 2.45. The monoisotopic (exact) mass is 350 g/mol. The topological polar surface area (TPSA) is 0 Å². The fraction of sp³-hybridized carbons (Fsp3) is 0.833. The van der Waals surface area contributed by atoms with E-state index in [1.54, 1.807) is 16.1 Å². The molecule has 0 aliphatic rings. The molecule has 1 unspecified atom stereocenters. The van der Waals surface area contributed by atoms with Crippen molar-refractivity contribution >= 4 is 52.1 Å². The molecule has 0 saturated carbocycles. The van der Waals surface area contributed by atoms with Crippen molar-refractivity contribution in [2.75, 3.05) is 0 Å². The van der Waals surface area contributed by atoms with Crippen LogP contribution in [-0.2, 0) is 0 Å². The average molecular weight is 351 g/mol. The fourth-order valence-electron chi connectivity index (χ4n) is 2.84. The van der Waals surface area contributed by atoms with Crippen LogP contribution in [0.25, 0.3) is 0 Å². The SMILES string of the molecule is C[Si](C)(C)c1pcp(C([Si](C)(C)C)[Si](C)(C)C)p1. The van der Waals surface area contributed by atoms with Gasteiger partial charge in [0, 0.05) is 0 Å². The van der Waals surface area contributed by atoms with Gasteiger partial charge < -0.3 is 0 Å². The van der Waals surface area contributed by atoms with Gasteiger partial charge in [0.25, 0.3) is 0 Å². The Hall–Kier alpha value is 1.29. The first kappa shape index (κ1) is 17.3. The molecule has 6 heteroatoms. The van der Waals surface area contributed by atoms with Crippen LogP contribution in [0.3, 0.4) is 0 Å². The summed E-state index contributed by atoms with van der Waals surface area (Å²) in [4.78, 5) is 1.10. The summed E-state index contributed by atoms with van der Waals surface area (Å²) in [6.45, 7) is 23.2. The van der Waals surface area contributed by atoms with E-state index in [-0.39, 0.29) is 7.21 Å². The molecule has 1 aromatic heterocycles. The van der Waals surface area contributed by atoms with Crippen LogP contribution < -0.4 is 4.65 Å². The second-order valence-electron chi connectivity index (χ2n) is 8.43. The molecule has 0 aromatic carbocycles. The molecule has 1 atom stereocenters. The lowest BCUT2D eigenvalue weighted by Crippen LogP contribution is -2.43. The Labute approximate surface area is 121 Å².